The maximum absolute atomic E-state index is 11.7. The van der Waals surface area contributed by atoms with E-state index in [0.29, 0.717) is 18.2 Å². The van der Waals surface area contributed by atoms with E-state index < -0.39 is 0 Å². The van der Waals surface area contributed by atoms with Crippen molar-refractivity contribution in [1.82, 2.24) is 15.5 Å². The number of aromatic amines is 1. The zero-order valence-corrected chi connectivity index (χ0v) is 10.2. The largest absolute Gasteiger partial charge is 0.316 e. The molecule has 6 heteroatoms. The van der Waals surface area contributed by atoms with E-state index in [1.54, 1.807) is 0 Å². The van der Waals surface area contributed by atoms with Crippen LogP contribution in [0, 0.1) is 5.92 Å². The summed E-state index contributed by atoms with van der Waals surface area (Å²) in [5.41, 5.74) is -0.277. The molecule has 1 fully saturated rings. The van der Waals surface area contributed by atoms with Crippen LogP contribution in [0.25, 0.3) is 0 Å². The molecule has 1 saturated heterocycles. The topological polar surface area (TPSA) is 86.9 Å². The minimum atomic E-state index is -0.277. The molecule has 0 spiro atoms. The van der Waals surface area contributed by atoms with Crippen LogP contribution in [0.5, 0.6) is 0 Å². The standard InChI is InChI=1S/C12H18N4O2/c17-11(5-3-9-2-1-7-13-8-9)14-10-4-6-12(18)16-15-10/h4,6,9,13H,1-3,5,7-8H2,(H,16,18)(H,14,15,17). The maximum atomic E-state index is 11.7. The third kappa shape index (κ3) is 3.96. The molecule has 1 aromatic heterocycles. The summed E-state index contributed by atoms with van der Waals surface area (Å²) in [6.45, 7) is 2.09. The Hall–Kier alpha value is -1.69. The second-order valence-electron chi connectivity index (χ2n) is 4.61. The molecule has 1 aliphatic heterocycles. The smallest absolute Gasteiger partial charge is 0.264 e. The van der Waals surface area contributed by atoms with E-state index in [9.17, 15) is 9.59 Å². The number of hydrogen-bond donors (Lipinski definition) is 3. The Bertz CT molecular complexity index is 431. The van der Waals surface area contributed by atoms with Gasteiger partial charge in [-0.05, 0) is 44.3 Å². The predicted molar refractivity (Wildman–Crippen MR) is 68.3 cm³/mol. The van der Waals surface area contributed by atoms with E-state index in [1.165, 1.54) is 25.0 Å². The van der Waals surface area contributed by atoms with Crippen molar-refractivity contribution >= 4 is 11.7 Å². The highest BCUT2D eigenvalue weighted by atomic mass is 16.1. The lowest BCUT2D eigenvalue weighted by molar-refractivity contribution is -0.116. The molecule has 0 aliphatic carbocycles. The zero-order valence-electron chi connectivity index (χ0n) is 10.2. The lowest BCUT2D eigenvalue weighted by Gasteiger charge is -2.22. The molecular weight excluding hydrogens is 232 g/mol. The van der Waals surface area contributed by atoms with Crippen LogP contribution in [0.1, 0.15) is 25.7 Å². The molecule has 0 aromatic carbocycles. The molecule has 2 rings (SSSR count). The summed E-state index contributed by atoms with van der Waals surface area (Å²) >= 11 is 0. The van der Waals surface area contributed by atoms with Crippen molar-refractivity contribution in [2.24, 2.45) is 5.92 Å². The molecule has 1 unspecified atom stereocenters. The molecule has 0 saturated carbocycles. The first-order valence-electron chi connectivity index (χ1n) is 6.30. The summed E-state index contributed by atoms with van der Waals surface area (Å²) in [6, 6.07) is 2.84. The van der Waals surface area contributed by atoms with Gasteiger partial charge in [-0.15, -0.1) is 0 Å². The number of rotatable bonds is 4. The number of hydrogen-bond acceptors (Lipinski definition) is 4. The van der Waals surface area contributed by atoms with Crippen LogP contribution in [-0.4, -0.2) is 29.2 Å². The number of amides is 1. The SMILES string of the molecule is O=C(CCC1CCCNC1)Nc1ccc(=O)[nH]n1. The fourth-order valence-electron chi connectivity index (χ4n) is 2.13. The van der Waals surface area contributed by atoms with Gasteiger partial charge in [0.2, 0.25) is 5.91 Å². The van der Waals surface area contributed by atoms with Gasteiger partial charge in [-0.25, -0.2) is 5.10 Å². The first-order chi connectivity index (χ1) is 8.74. The Morgan fingerprint density at radius 1 is 1.50 bits per heavy atom. The molecule has 18 heavy (non-hydrogen) atoms. The molecule has 1 atom stereocenters. The summed E-state index contributed by atoms with van der Waals surface area (Å²) in [5.74, 6) is 0.925. The second kappa shape index (κ2) is 6.30. The van der Waals surface area contributed by atoms with Gasteiger partial charge < -0.3 is 10.6 Å². The number of nitrogens with one attached hydrogen (secondary N) is 3. The normalized spacial score (nSPS) is 19.4. The number of nitrogens with zero attached hydrogens (tertiary/aromatic N) is 1. The zero-order chi connectivity index (χ0) is 12.8. The minimum absolute atomic E-state index is 0.0554. The van der Waals surface area contributed by atoms with Crippen LogP contribution in [-0.2, 0) is 4.79 Å². The maximum Gasteiger partial charge on any atom is 0.264 e. The van der Waals surface area contributed by atoms with Crippen molar-refractivity contribution in [2.75, 3.05) is 18.4 Å². The molecule has 1 aromatic rings. The van der Waals surface area contributed by atoms with Crippen LogP contribution >= 0.6 is 0 Å². The quantitative estimate of drug-likeness (QED) is 0.725. The number of carbonyl (C=O) groups excluding carboxylic acids is 1. The van der Waals surface area contributed by atoms with Crippen molar-refractivity contribution in [3.63, 3.8) is 0 Å². The van der Waals surface area contributed by atoms with Crippen molar-refractivity contribution in [2.45, 2.75) is 25.7 Å². The molecule has 98 valence electrons. The van der Waals surface area contributed by atoms with Crippen LogP contribution in [0.15, 0.2) is 16.9 Å². The molecule has 1 amide bonds. The molecule has 0 bridgehead atoms. The number of anilines is 1. The number of piperidine rings is 1. The second-order valence-corrected chi connectivity index (χ2v) is 4.61. The average Bonchev–Trinajstić information content (AvgIpc) is 2.40. The first-order valence-corrected chi connectivity index (χ1v) is 6.30. The van der Waals surface area contributed by atoms with Crippen LogP contribution in [0.3, 0.4) is 0 Å². The third-order valence-corrected chi connectivity index (χ3v) is 3.13. The molecule has 2 heterocycles. The third-order valence-electron chi connectivity index (χ3n) is 3.13. The van der Waals surface area contributed by atoms with Gasteiger partial charge in [-0.2, -0.15) is 5.10 Å². The van der Waals surface area contributed by atoms with Gasteiger partial charge in [0.25, 0.3) is 5.56 Å². The summed E-state index contributed by atoms with van der Waals surface area (Å²) in [7, 11) is 0. The van der Waals surface area contributed by atoms with Gasteiger partial charge in [-0.3, -0.25) is 9.59 Å². The van der Waals surface area contributed by atoms with Crippen LogP contribution in [0.4, 0.5) is 5.82 Å². The van der Waals surface area contributed by atoms with E-state index in [-0.39, 0.29) is 11.5 Å². The van der Waals surface area contributed by atoms with E-state index in [0.717, 1.165) is 19.5 Å². The summed E-state index contributed by atoms with van der Waals surface area (Å²) in [5, 5.41) is 12.0. The number of H-pyrrole nitrogens is 1. The van der Waals surface area contributed by atoms with Crippen molar-refractivity contribution < 1.29 is 4.79 Å². The molecule has 1 aliphatic rings. The lowest BCUT2D eigenvalue weighted by atomic mass is 9.94. The van der Waals surface area contributed by atoms with Crippen molar-refractivity contribution in [3.8, 4) is 0 Å². The van der Waals surface area contributed by atoms with Gasteiger partial charge in [0.1, 0.15) is 0 Å². The fourth-order valence-corrected chi connectivity index (χ4v) is 2.13. The van der Waals surface area contributed by atoms with Crippen LogP contribution < -0.4 is 16.2 Å². The van der Waals surface area contributed by atoms with Gasteiger partial charge in [0.05, 0.1) is 0 Å². The molecule has 0 radical (unpaired) electrons. The fraction of sp³-hybridized carbons (Fsp3) is 0.583. The van der Waals surface area contributed by atoms with Gasteiger partial charge in [0, 0.05) is 12.5 Å². The monoisotopic (exact) mass is 250 g/mol. The Morgan fingerprint density at radius 2 is 2.39 bits per heavy atom. The van der Waals surface area contributed by atoms with Crippen molar-refractivity contribution in [3.05, 3.63) is 22.5 Å². The molecular formula is C12H18N4O2. The van der Waals surface area contributed by atoms with Crippen molar-refractivity contribution in [1.29, 1.82) is 0 Å². The Balaban J connectivity index is 1.74. The molecule has 3 N–H and O–H groups in total. The highest BCUT2D eigenvalue weighted by molar-refractivity contribution is 5.89. The first kappa shape index (κ1) is 12.8. The summed E-state index contributed by atoms with van der Waals surface area (Å²) in [4.78, 5) is 22.5. The predicted octanol–water partition coefficient (Wildman–Crippen LogP) is 0.488. The molecule has 6 nitrogen and oxygen atoms in total. The number of carbonyl (C=O) groups is 1. The Labute approximate surface area is 105 Å². The van der Waals surface area contributed by atoms with E-state index in [1.807, 2.05) is 0 Å². The van der Waals surface area contributed by atoms with Crippen LogP contribution in [0.2, 0.25) is 0 Å². The summed E-state index contributed by atoms with van der Waals surface area (Å²) in [6.07, 6.45) is 3.76. The number of aromatic nitrogens is 2. The van der Waals surface area contributed by atoms with E-state index >= 15 is 0 Å². The lowest BCUT2D eigenvalue weighted by Crippen LogP contribution is -2.30. The van der Waals surface area contributed by atoms with Gasteiger partial charge >= 0.3 is 0 Å². The summed E-state index contributed by atoms with van der Waals surface area (Å²) < 4.78 is 0. The average molecular weight is 250 g/mol. The van der Waals surface area contributed by atoms with Gasteiger partial charge in [0.15, 0.2) is 5.82 Å². The van der Waals surface area contributed by atoms with E-state index in [4.69, 9.17) is 0 Å². The Morgan fingerprint density at radius 3 is 3.06 bits per heavy atom. The minimum Gasteiger partial charge on any atom is -0.316 e. The highest BCUT2D eigenvalue weighted by Crippen LogP contribution is 2.16. The van der Waals surface area contributed by atoms with E-state index in [2.05, 4.69) is 20.8 Å². The Kier molecular flexibility index (Phi) is 4.46. The van der Waals surface area contributed by atoms with Gasteiger partial charge in [-0.1, -0.05) is 0 Å². The highest BCUT2D eigenvalue weighted by Gasteiger charge is 2.14.